The van der Waals surface area contributed by atoms with E-state index >= 15 is 0 Å². The predicted octanol–water partition coefficient (Wildman–Crippen LogP) is 2.89. The number of hydrogen-bond acceptors (Lipinski definition) is 4. The summed E-state index contributed by atoms with van der Waals surface area (Å²) in [5.74, 6) is -0.900. The second-order valence-electron chi connectivity index (χ2n) is 7.68. The Labute approximate surface area is 177 Å². The zero-order valence-corrected chi connectivity index (χ0v) is 18.0. The lowest BCUT2D eigenvalue weighted by Crippen LogP contribution is -2.40. The number of carbonyl (C=O) groups is 1. The van der Waals surface area contributed by atoms with E-state index < -0.39 is 21.7 Å². The largest absolute Gasteiger partial charge is 0.350 e. The van der Waals surface area contributed by atoms with E-state index in [0.717, 1.165) is 47.9 Å². The Morgan fingerprint density at radius 1 is 1.00 bits per heavy atom. The van der Waals surface area contributed by atoms with Crippen LogP contribution < -0.4 is 9.62 Å². The van der Waals surface area contributed by atoms with E-state index in [-0.39, 0.29) is 12.2 Å². The minimum atomic E-state index is -3.68. The second kappa shape index (κ2) is 10.0. The van der Waals surface area contributed by atoms with Crippen molar-refractivity contribution in [3.63, 3.8) is 0 Å². The van der Waals surface area contributed by atoms with E-state index in [9.17, 15) is 17.6 Å². The molecule has 1 amide bonds. The Morgan fingerprint density at radius 3 is 2.20 bits per heavy atom. The van der Waals surface area contributed by atoms with Crippen LogP contribution in [0.4, 0.5) is 10.1 Å². The van der Waals surface area contributed by atoms with E-state index in [4.69, 9.17) is 0 Å². The molecule has 30 heavy (non-hydrogen) atoms. The number of sulfonamides is 1. The first-order valence-corrected chi connectivity index (χ1v) is 12.0. The minimum Gasteiger partial charge on any atom is -0.350 e. The number of piperidine rings is 1. The molecule has 0 aliphatic carbocycles. The number of halogens is 1. The summed E-state index contributed by atoms with van der Waals surface area (Å²) in [4.78, 5) is 14.8. The molecule has 1 saturated heterocycles. The highest BCUT2D eigenvalue weighted by molar-refractivity contribution is 7.92. The molecule has 0 aromatic heterocycles. The molecule has 1 aliphatic heterocycles. The van der Waals surface area contributed by atoms with Crippen molar-refractivity contribution in [1.29, 1.82) is 0 Å². The minimum absolute atomic E-state index is 0.246. The topological polar surface area (TPSA) is 69.7 Å². The lowest BCUT2D eigenvalue weighted by molar-refractivity contribution is -0.119. The van der Waals surface area contributed by atoms with Gasteiger partial charge in [-0.3, -0.25) is 14.0 Å². The van der Waals surface area contributed by atoms with Crippen LogP contribution in [0.2, 0.25) is 0 Å². The van der Waals surface area contributed by atoms with Crippen molar-refractivity contribution in [2.75, 3.05) is 30.2 Å². The molecule has 3 rings (SSSR count). The monoisotopic (exact) mass is 433 g/mol. The summed E-state index contributed by atoms with van der Waals surface area (Å²) in [6, 6.07) is 13.1. The Bertz CT molecular complexity index is 941. The third-order valence-corrected chi connectivity index (χ3v) is 6.31. The van der Waals surface area contributed by atoms with Gasteiger partial charge in [-0.15, -0.1) is 0 Å². The third kappa shape index (κ3) is 6.53. The van der Waals surface area contributed by atoms with Crippen LogP contribution in [0.15, 0.2) is 48.5 Å². The summed E-state index contributed by atoms with van der Waals surface area (Å²) in [5.41, 5.74) is 2.43. The van der Waals surface area contributed by atoms with Crippen LogP contribution in [0, 0.1) is 5.82 Å². The predicted molar refractivity (Wildman–Crippen MR) is 116 cm³/mol. The average molecular weight is 434 g/mol. The van der Waals surface area contributed by atoms with Crippen LogP contribution in [-0.4, -0.2) is 45.1 Å². The zero-order valence-electron chi connectivity index (χ0n) is 17.2. The van der Waals surface area contributed by atoms with Gasteiger partial charge in [0, 0.05) is 13.1 Å². The Morgan fingerprint density at radius 2 is 1.60 bits per heavy atom. The van der Waals surface area contributed by atoms with E-state index in [0.29, 0.717) is 6.54 Å². The number of carbonyl (C=O) groups excluding carboxylic acids is 1. The second-order valence-corrected chi connectivity index (χ2v) is 9.58. The van der Waals surface area contributed by atoms with Crippen LogP contribution >= 0.6 is 0 Å². The lowest BCUT2D eigenvalue weighted by atomic mass is 10.1. The number of nitrogens with zero attached hydrogens (tertiary/aromatic N) is 2. The fourth-order valence-electron chi connectivity index (χ4n) is 3.53. The molecule has 8 heteroatoms. The molecule has 6 nitrogen and oxygen atoms in total. The Balaban J connectivity index is 1.54. The van der Waals surface area contributed by atoms with Crippen molar-refractivity contribution in [3.8, 4) is 0 Å². The van der Waals surface area contributed by atoms with Gasteiger partial charge in [-0.2, -0.15) is 0 Å². The molecular formula is C22H28FN3O3S. The van der Waals surface area contributed by atoms with Gasteiger partial charge in [-0.05, 0) is 61.3 Å². The van der Waals surface area contributed by atoms with Crippen molar-refractivity contribution in [1.82, 2.24) is 10.2 Å². The maximum Gasteiger partial charge on any atom is 0.241 e. The molecule has 1 aliphatic rings. The van der Waals surface area contributed by atoms with Gasteiger partial charge in [-0.1, -0.05) is 30.7 Å². The summed E-state index contributed by atoms with van der Waals surface area (Å²) in [6.45, 7) is 3.17. The van der Waals surface area contributed by atoms with Crippen LogP contribution in [0.3, 0.4) is 0 Å². The maximum absolute atomic E-state index is 13.1. The lowest BCUT2D eigenvalue weighted by Gasteiger charge is -2.26. The van der Waals surface area contributed by atoms with Crippen LogP contribution in [0.1, 0.15) is 30.4 Å². The SMILES string of the molecule is CS(=O)(=O)N(CC(=O)NCc1ccc(CN2CCCCC2)cc1)c1ccc(F)cc1. The first-order valence-electron chi connectivity index (χ1n) is 10.1. The highest BCUT2D eigenvalue weighted by atomic mass is 32.2. The van der Waals surface area contributed by atoms with Crippen molar-refractivity contribution < 1.29 is 17.6 Å². The standard InChI is InChI=1S/C22H28FN3O3S/c1-30(28,29)26(21-11-9-20(23)10-12-21)17-22(27)24-15-18-5-7-19(8-6-18)16-25-13-3-2-4-14-25/h5-12H,2-4,13-17H2,1H3,(H,24,27). The Kier molecular flexibility index (Phi) is 7.44. The quantitative estimate of drug-likeness (QED) is 0.695. The molecule has 2 aromatic rings. The molecule has 162 valence electrons. The van der Waals surface area contributed by atoms with Crippen LogP contribution in [-0.2, 0) is 27.9 Å². The number of rotatable bonds is 8. The summed E-state index contributed by atoms with van der Waals surface area (Å²) in [6.07, 6.45) is 4.84. The van der Waals surface area contributed by atoms with Gasteiger partial charge in [0.2, 0.25) is 15.9 Å². The molecule has 0 atom stereocenters. The number of benzene rings is 2. The van der Waals surface area contributed by atoms with E-state index in [1.54, 1.807) is 0 Å². The van der Waals surface area contributed by atoms with Gasteiger partial charge in [0.25, 0.3) is 0 Å². The fourth-order valence-corrected chi connectivity index (χ4v) is 4.39. The van der Waals surface area contributed by atoms with Crippen molar-refractivity contribution in [2.45, 2.75) is 32.4 Å². The van der Waals surface area contributed by atoms with Gasteiger partial charge in [0.15, 0.2) is 0 Å². The first-order chi connectivity index (χ1) is 14.3. The van der Waals surface area contributed by atoms with E-state index in [1.165, 1.54) is 37.0 Å². The smallest absolute Gasteiger partial charge is 0.241 e. The zero-order chi connectivity index (χ0) is 21.6. The molecule has 1 heterocycles. The highest BCUT2D eigenvalue weighted by Crippen LogP contribution is 2.18. The number of nitrogens with one attached hydrogen (secondary N) is 1. The molecule has 0 bridgehead atoms. The molecule has 2 aromatic carbocycles. The normalized spacial score (nSPS) is 15.0. The van der Waals surface area contributed by atoms with Crippen LogP contribution in [0.5, 0.6) is 0 Å². The summed E-state index contributed by atoms with van der Waals surface area (Å²) in [7, 11) is -3.68. The van der Waals surface area contributed by atoms with Crippen molar-refractivity contribution in [3.05, 3.63) is 65.5 Å². The molecule has 1 fully saturated rings. The molecule has 0 saturated carbocycles. The fraction of sp³-hybridized carbons (Fsp3) is 0.409. The number of hydrogen-bond donors (Lipinski definition) is 1. The number of amides is 1. The molecule has 1 N–H and O–H groups in total. The molecule has 0 spiro atoms. The first kappa shape index (κ1) is 22.2. The van der Waals surface area contributed by atoms with Gasteiger partial charge in [0.1, 0.15) is 12.4 Å². The summed E-state index contributed by atoms with van der Waals surface area (Å²) >= 11 is 0. The van der Waals surface area contributed by atoms with Crippen LogP contribution in [0.25, 0.3) is 0 Å². The van der Waals surface area contributed by atoms with Gasteiger partial charge in [0.05, 0.1) is 11.9 Å². The summed E-state index contributed by atoms with van der Waals surface area (Å²) < 4.78 is 38.2. The van der Waals surface area contributed by atoms with Crippen molar-refractivity contribution >= 4 is 21.6 Å². The summed E-state index contributed by atoms with van der Waals surface area (Å²) in [5, 5.41) is 2.75. The van der Waals surface area contributed by atoms with Crippen molar-refractivity contribution in [2.24, 2.45) is 0 Å². The van der Waals surface area contributed by atoms with E-state index in [1.807, 2.05) is 12.1 Å². The molecular weight excluding hydrogens is 405 g/mol. The third-order valence-electron chi connectivity index (χ3n) is 5.17. The number of likely N-dealkylation sites (tertiary alicyclic amines) is 1. The molecule has 0 unspecified atom stereocenters. The Hall–Kier alpha value is -2.45. The number of anilines is 1. The average Bonchev–Trinajstić information content (AvgIpc) is 2.72. The van der Waals surface area contributed by atoms with Gasteiger partial charge < -0.3 is 5.32 Å². The van der Waals surface area contributed by atoms with Gasteiger partial charge >= 0.3 is 0 Å². The highest BCUT2D eigenvalue weighted by Gasteiger charge is 2.20. The van der Waals surface area contributed by atoms with Gasteiger partial charge in [-0.25, -0.2) is 12.8 Å². The van der Waals surface area contributed by atoms with E-state index in [2.05, 4.69) is 22.3 Å². The maximum atomic E-state index is 13.1. The molecule has 0 radical (unpaired) electrons.